The van der Waals surface area contributed by atoms with Gasteiger partial charge < -0.3 is 5.73 Å². The Bertz CT molecular complexity index is 779. The van der Waals surface area contributed by atoms with Gasteiger partial charge in [-0.15, -0.1) is 0 Å². The van der Waals surface area contributed by atoms with Crippen LogP contribution in [-0.2, 0) is 16.6 Å². The van der Waals surface area contributed by atoms with Crippen LogP contribution in [0.2, 0.25) is 5.02 Å². The molecule has 0 saturated carbocycles. The van der Waals surface area contributed by atoms with E-state index in [1.54, 1.807) is 30.3 Å². The van der Waals surface area contributed by atoms with Crippen LogP contribution < -0.4 is 10.5 Å². The minimum atomic E-state index is -3.73. The highest BCUT2D eigenvalue weighted by Crippen LogP contribution is 2.31. The second-order valence-corrected chi connectivity index (χ2v) is 7.41. The minimum Gasteiger partial charge on any atom is -0.326 e. The van der Waals surface area contributed by atoms with Gasteiger partial charge in [0.05, 0.1) is 10.6 Å². The van der Waals surface area contributed by atoms with Gasteiger partial charge in [-0.2, -0.15) is 0 Å². The third-order valence-electron chi connectivity index (χ3n) is 2.97. The van der Waals surface area contributed by atoms with Crippen molar-refractivity contribution >= 4 is 43.2 Å². The number of anilines is 1. The first-order valence-electron chi connectivity index (χ1n) is 6.11. The summed E-state index contributed by atoms with van der Waals surface area (Å²) < 4.78 is 28.2. The van der Waals surface area contributed by atoms with E-state index in [0.29, 0.717) is 20.7 Å². The molecule has 0 aliphatic heterocycles. The van der Waals surface area contributed by atoms with Crippen LogP contribution >= 0.6 is 27.5 Å². The molecule has 21 heavy (non-hydrogen) atoms. The van der Waals surface area contributed by atoms with E-state index < -0.39 is 10.0 Å². The van der Waals surface area contributed by atoms with Gasteiger partial charge in [0.2, 0.25) is 0 Å². The molecule has 0 unspecified atom stereocenters. The molecule has 7 heteroatoms. The molecule has 0 aromatic heterocycles. The molecule has 3 N–H and O–H groups in total. The van der Waals surface area contributed by atoms with E-state index in [4.69, 9.17) is 17.3 Å². The first-order valence-corrected chi connectivity index (χ1v) is 8.77. The molecule has 0 radical (unpaired) electrons. The molecule has 0 heterocycles. The normalized spacial score (nSPS) is 11.4. The SMILES string of the molecule is Cc1cc(Br)c(NS(=O)(=O)c2ccccc2CN)cc1Cl. The lowest BCUT2D eigenvalue weighted by Gasteiger charge is -2.13. The highest BCUT2D eigenvalue weighted by Gasteiger charge is 2.19. The smallest absolute Gasteiger partial charge is 0.262 e. The maximum atomic E-state index is 12.5. The maximum Gasteiger partial charge on any atom is 0.262 e. The second kappa shape index (κ2) is 6.36. The molecule has 2 aromatic carbocycles. The number of hydrogen-bond acceptors (Lipinski definition) is 3. The molecule has 0 bridgehead atoms. The molecule has 2 rings (SSSR count). The van der Waals surface area contributed by atoms with Gasteiger partial charge in [-0.1, -0.05) is 29.8 Å². The summed E-state index contributed by atoms with van der Waals surface area (Å²) in [6.45, 7) is 1.99. The number of rotatable bonds is 4. The van der Waals surface area contributed by atoms with Crippen LogP contribution in [0.5, 0.6) is 0 Å². The summed E-state index contributed by atoms with van der Waals surface area (Å²) in [7, 11) is -3.73. The van der Waals surface area contributed by atoms with E-state index in [-0.39, 0.29) is 11.4 Å². The Morgan fingerprint density at radius 2 is 1.95 bits per heavy atom. The molecule has 0 fully saturated rings. The predicted octanol–water partition coefficient (Wildman–Crippen LogP) is 3.67. The number of sulfonamides is 1. The largest absolute Gasteiger partial charge is 0.326 e. The highest BCUT2D eigenvalue weighted by atomic mass is 79.9. The van der Waals surface area contributed by atoms with Crippen molar-refractivity contribution < 1.29 is 8.42 Å². The number of halogens is 2. The van der Waals surface area contributed by atoms with Crippen LogP contribution in [0.4, 0.5) is 5.69 Å². The molecule has 0 aliphatic carbocycles. The highest BCUT2D eigenvalue weighted by molar-refractivity contribution is 9.10. The van der Waals surface area contributed by atoms with Crippen LogP contribution in [-0.4, -0.2) is 8.42 Å². The molecule has 0 amide bonds. The number of aryl methyl sites for hydroxylation is 1. The summed E-state index contributed by atoms with van der Waals surface area (Å²) >= 11 is 9.38. The Morgan fingerprint density at radius 3 is 2.62 bits per heavy atom. The molecule has 0 aliphatic rings. The summed E-state index contributed by atoms with van der Waals surface area (Å²) in [6.07, 6.45) is 0. The van der Waals surface area contributed by atoms with Crippen LogP contribution in [0.15, 0.2) is 45.8 Å². The van der Waals surface area contributed by atoms with Gasteiger partial charge in [-0.25, -0.2) is 8.42 Å². The van der Waals surface area contributed by atoms with Gasteiger partial charge >= 0.3 is 0 Å². The lowest BCUT2D eigenvalue weighted by molar-refractivity contribution is 0.600. The van der Waals surface area contributed by atoms with Crippen LogP contribution in [0.1, 0.15) is 11.1 Å². The Balaban J connectivity index is 2.45. The van der Waals surface area contributed by atoms with Gasteiger partial charge in [0.1, 0.15) is 0 Å². The van der Waals surface area contributed by atoms with E-state index in [1.165, 1.54) is 6.07 Å². The number of nitrogens with two attached hydrogens (primary N) is 1. The molecule has 0 spiro atoms. The predicted molar refractivity (Wildman–Crippen MR) is 89.0 cm³/mol. The van der Waals surface area contributed by atoms with E-state index in [1.807, 2.05) is 6.92 Å². The Morgan fingerprint density at radius 1 is 1.29 bits per heavy atom. The van der Waals surface area contributed by atoms with Gasteiger partial charge in [0.15, 0.2) is 0 Å². The van der Waals surface area contributed by atoms with Crippen LogP contribution in [0.25, 0.3) is 0 Å². The van der Waals surface area contributed by atoms with Crippen molar-refractivity contribution in [3.63, 3.8) is 0 Å². The topological polar surface area (TPSA) is 72.2 Å². The van der Waals surface area contributed by atoms with Crippen molar-refractivity contribution in [3.05, 3.63) is 57.0 Å². The molecule has 0 saturated heterocycles. The van der Waals surface area contributed by atoms with Gasteiger partial charge in [0.25, 0.3) is 10.0 Å². The third-order valence-corrected chi connectivity index (χ3v) is 5.50. The van der Waals surface area contributed by atoms with E-state index in [2.05, 4.69) is 20.7 Å². The van der Waals surface area contributed by atoms with Crippen molar-refractivity contribution in [2.75, 3.05) is 4.72 Å². The lowest BCUT2D eigenvalue weighted by Crippen LogP contribution is -2.16. The van der Waals surface area contributed by atoms with E-state index >= 15 is 0 Å². The number of benzene rings is 2. The molecule has 0 atom stereocenters. The fourth-order valence-corrected chi connectivity index (χ4v) is 4.03. The van der Waals surface area contributed by atoms with Gasteiger partial charge in [0, 0.05) is 16.0 Å². The minimum absolute atomic E-state index is 0.146. The summed E-state index contributed by atoms with van der Waals surface area (Å²) in [5.41, 5.74) is 7.39. The number of hydrogen-bond donors (Lipinski definition) is 2. The Labute approximate surface area is 137 Å². The second-order valence-electron chi connectivity index (χ2n) is 4.50. The van der Waals surface area contributed by atoms with Crippen molar-refractivity contribution in [2.24, 2.45) is 5.73 Å². The fourth-order valence-electron chi connectivity index (χ4n) is 1.86. The van der Waals surface area contributed by atoms with Gasteiger partial charge in [-0.3, -0.25) is 4.72 Å². The monoisotopic (exact) mass is 388 g/mol. The van der Waals surface area contributed by atoms with Crippen molar-refractivity contribution in [3.8, 4) is 0 Å². The Kier molecular flexibility index (Phi) is 4.93. The zero-order chi connectivity index (χ0) is 15.6. The van der Waals surface area contributed by atoms with E-state index in [9.17, 15) is 8.42 Å². The van der Waals surface area contributed by atoms with Crippen molar-refractivity contribution in [1.82, 2.24) is 0 Å². The molecular formula is C14H14BrClN2O2S. The Hall–Kier alpha value is -1.08. The lowest BCUT2D eigenvalue weighted by atomic mass is 10.2. The number of nitrogens with one attached hydrogen (secondary N) is 1. The standard InChI is InChI=1S/C14H14BrClN2O2S/c1-9-6-11(15)13(7-12(9)16)18-21(19,20)14-5-3-2-4-10(14)8-17/h2-7,18H,8,17H2,1H3. The quantitative estimate of drug-likeness (QED) is 0.838. The summed E-state index contributed by atoms with van der Waals surface area (Å²) in [6, 6.07) is 9.95. The first-order chi connectivity index (χ1) is 9.85. The van der Waals surface area contributed by atoms with Gasteiger partial charge in [-0.05, 0) is 52.2 Å². The zero-order valence-corrected chi connectivity index (χ0v) is 14.4. The van der Waals surface area contributed by atoms with Crippen molar-refractivity contribution in [1.29, 1.82) is 0 Å². The van der Waals surface area contributed by atoms with Crippen molar-refractivity contribution in [2.45, 2.75) is 18.4 Å². The summed E-state index contributed by atoms with van der Waals surface area (Å²) in [5, 5.41) is 0.489. The van der Waals surface area contributed by atoms with Crippen LogP contribution in [0, 0.1) is 6.92 Å². The molecule has 4 nitrogen and oxygen atoms in total. The average molecular weight is 390 g/mol. The summed E-state index contributed by atoms with van der Waals surface area (Å²) in [5.74, 6) is 0. The summed E-state index contributed by atoms with van der Waals surface area (Å²) in [4.78, 5) is 0.163. The average Bonchev–Trinajstić information content (AvgIpc) is 2.44. The first kappa shape index (κ1) is 16.3. The molecule has 112 valence electrons. The zero-order valence-electron chi connectivity index (χ0n) is 11.2. The third kappa shape index (κ3) is 3.58. The van der Waals surface area contributed by atoms with Crippen LogP contribution in [0.3, 0.4) is 0 Å². The molecular weight excluding hydrogens is 376 g/mol. The fraction of sp³-hybridized carbons (Fsp3) is 0.143. The maximum absolute atomic E-state index is 12.5. The molecule has 2 aromatic rings. The van der Waals surface area contributed by atoms with E-state index in [0.717, 1.165) is 5.56 Å².